The van der Waals surface area contributed by atoms with Crippen molar-refractivity contribution in [3.05, 3.63) is 84.1 Å². The van der Waals surface area contributed by atoms with Gasteiger partial charge in [0.15, 0.2) is 0 Å². The third kappa shape index (κ3) is 4.32. The van der Waals surface area contributed by atoms with Crippen molar-refractivity contribution >= 4 is 20.9 Å². The summed E-state index contributed by atoms with van der Waals surface area (Å²) in [5.41, 5.74) is 0.630. The molecule has 0 spiro atoms. The minimum atomic E-state index is -4.56. The monoisotopic (exact) mass is 463 g/mol. The lowest BCUT2D eigenvalue weighted by Crippen LogP contribution is -2.42. The Hall–Kier alpha value is -2.62. The van der Waals surface area contributed by atoms with Gasteiger partial charge in [-0.05, 0) is 29.3 Å². The molecule has 0 bridgehead atoms. The van der Waals surface area contributed by atoms with Crippen molar-refractivity contribution in [3.8, 4) is 0 Å². The molecule has 9 heteroatoms. The number of alkyl halides is 3. The van der Waals surface area contributed by atoms with E-state index in [1.165, 1.54) is 24.4 Å². The van der Waals surface area contributed by atoms with Crippen LogP contribution in [0.1, 0.15) is 21.9 Å². The fraction of sp³-hybridized carbons (Fsp3) is 0.304. The lowest BCUT2D eigenvalue weighted by Gasteiger charge is -2.27. The third-order valence-corrected chi connectivity index (χ3v) is 7.72. The van der Waals surface area contributed by atoms with Crippen molar-refractivity contribution in [2.45, 2.75) is 18.0 Å². The predicted molar refractivity (Wildman–Crippen MR) is 119 cm³/mol. The molecule has 0 saturated carbocycles. The summed E-state index contributed by atoms with van der Waals surface area (Å²) in [5.74, 6) is 0. The van der Waals surface area contributed by atoms with Crippen LogP contribution in [-0.4, -0.2) is 43.5 Å². The smallest absolute Gasteiger partial charge is 0.314 e. The molecule has 0 amide bonds. The number of benzene rings is 2. The molecule has 1 aromatic heterocycles. The zero-order chi connectivity index (χ0) is 22.9. The van der Waals surface area contributed by atoms with Crippen molar-refractivity contribution < 1.29 is 21.6 Å². The molecule has 2 aromatic carbocycles. The molecule has 3 aromatic rings. The summed E-state index contributed by atoms with van der Waals surface area (Å²) in [6, 6.07) is 11.6. The van der Waals surface area contributed by atoms with Gasteiger partial charge in [-0.2, -0.15) is 13.2 Å². The number of rotatable bonds is 6. The second kappa shape index (κ2) is 8.73. The van der Waals surface area contributed by atoms with Crippen LogP contribution in [0.5, 0.6) is 0 Å². The molecule has 1 fully saturated rings. The molecule has 1 atom stereocenters. The molecule has 1 unspecified atom stereocenters. The van der Waals surface area contributed by atoms with E-state index >= 15 is 0 Å². The van der Waals surface area contributed by atoms with Gasteiger partial charge in [0.05, 0.1) is 11.1 Å². The Morgan fingerprint density at radius 3 is 2.50 bits per heavy atom. The Bertz CT molecular complexity index is 1230. The molecule has 1 aliphatic rings. The second-order valence-corrected chi connectivity index (χ2v) is 9.74. The Kier molecular flexibility index (Phi) is 6.15. The maximum Gasteiger partial charge on any atom is 0.416 e. The summed E-state index contributed by atoms with van der Waals surface area (Å²) in [4.78, 5) is 2.30. The lowest BCUT2D eigenvalue weighted by molar-refractivity contribution is -0.137. The van der Waals surface area contributed by atoms with Gasteiger partial charge in [-0.15, -0.1) is 6.58 Å². The fourth-order valence-corrected chi connectivity index (χ4v) is 5.76. The van der Waals surface area contributed by atoms with Crippen LogP contribution < -0.4 is 5.32 Å². The molecule has 1 N–H and O–H groups in total. The van der Waals surface area contributed by atoms with Crippen molar-refractivity contribution in [1.82, 2.24) is 14.2 Å². The fourth-order valence-electron chi connectivity index (χ4n) is 4.12. The number of piperazine rings is 1. The second-order valence-electron chi connectivity index (χ2n) is 7.81. The first-order valence-corrected chi connectivity index (χ1v) is 11.8. The summed E-state index contributed by atoms with van der Waals surface area (Å²) in [6.45, 7) is 7.91. The summed E-state index contributed by atoms with van der Waals surface area (Å²) in [6.07, 6.45) is -1.93. The van der Waals surface area contributed by atoms with Gasteiger partial charge in [-0.3, -0.25) is 4.90 Å². The van der Waals surface area contributed by atoms with Crippen LogP contribution in [0, 0.1) is 0 Å². The lowest BCUT2D eigenvalue weighted by atomic mass is 10.1. The van der Waals surface area contributed by atoms with E-state index < -0.39 is 27.0 Å². The molecular formula is C23H24F3N3O2S. The van der Waals surface area contributed by atoms with Crippen LogP contribution in [0.2, 0.25) is 0 Å². The van der Waals surface area contributed by atoms with Crippen molar-refractivity contribution in [1.29, 1.82) is 0 Å². The van der Waals surface area contributed by atoms with E-state index in [9.17, 15) is 21.6 Å². The Morgan fingerprint density at radius 1 is 1.09 bits per heavy atom. The first-order chi connectivity index (χ1) is 15.2. The number of hydrogen-bond acceptors (Lipinski definition) is 4. The Morgan fingerprint density at radius 2 is 1.81 bits per heavy atom. The zero-order valence-electron chi connectivity index (χ0n) is 17.3. The summed E-state index contributed by atoms with van der Waals surface area (Å²) < 4.78 is 67.6. The number of nitrogens with zero attached hydrogens (tertiary/aromatic N) is 2. The van der Waals surface area contributed by atoms with E-state index in [4.69, 9.17) is 0 Å². The van der Waals surface area contributed by atoms with Crippen molar-refractivity contribution in [2.75, 3.05) is 26.2 Å². The maximum atomic E-state index is 13.5. The van der Waals surface area contributed by atoms with E-state index in [2.05, 4.69) is 16.8 Å². The van der Waals surface area contributed by atoms with E-state index in [1.54, 1.807) is 18.2 Å². The highest BCUT2D eigenvalue weighted by molar-refractivity contribution is 7.90. The normalized spacial score (nSPS) is 16.8. The molecule has 1 aliphatic heterocycles. The predicted octanol–water partition coefficient (Wildman–Crippen LogP) is 4.17. The van der Waals surface area contributed by atoms with E-state index in [-0.39, 0.29) is 5.56 Å². The highest BCUT2D eigenvalue weighted by Crippen LogP contribution is 2.34. The van der Waals surface area contributed by atoms with Gasteiger partial charge in [-0.25, -0.2) is 12.4 Å². The van der Waals surface area contributed by atoms with Gasteiger partial charge in [0.1, 0.15) is 5.25 Å². The van der Waals surface area contributed by atoms with E-state index in [0.717, 1.165) is 53.2 Å². The average Bonchev–Trinajstić information content (AvgIpc) is 3.21. The number of nitrogens with one attached hydrogen (secondary N) is 1. The molecule has 32 heavy (non-hydrogen) atoms. The maximum absolute atomic E-state index is 13.5. The number of halogens is 3. The molecule has 170 valence electrons. The van der Waals surface area contributed by atoms with Gasteiger partial charge in [-0.1, -0.05) is 36.4 Å². The van der Waals surface area contributed by atoms with Gasteiger partial charge in [0.2, 0.25) is 10.0 Å². The van der Waals surface area contributed by atoms with Crippen LogP contribution in [0.15, 0.2) is 67.4 Å². The molecule has 0 radical (unpaired) electrons. The number of hydrogen-bond donors (Lipinski definition) is 1. The summed E-state index contributed by atoms with van der Waals surface area (Å²) >= 11 is 0. The number of aromatic nitrogens is 1. The molecular weight excluding hydrogens is 439 g/mol. The highest BCUT2D eigenvalue weighted by atomic mass is 32.2. The van der Waals surface area contributed by atoms with E-state index in [1.807, 2.05) is 6.07 Å². The molecule has 0 aliphatic carbocycles. The minimum Gasteiger partial charge on any atom is -0.314 e. The molecule has 4 rings (SSSR count). The minimum absolute atomic E-state index is 0.0219. The molecule has 5 nitrogen and oxygen atoms in total. The standard InChI is InChI=1S/C23H24F3N3O2S/c1-2-22(17-5-3-7-19(15-17)23(24,25)26)32(30,31)29-12-9-20-18(6-4-8-21(20)29)16-28-13-10-27-11-14-28/h2-9,12,15,22,27H,1,10-11,13-14,16H2. The summed E-state index contributed by atoms with van der Waals surface area (Å²) in [5, 5.41) is 2.79. The van der Waals surface area contributed by atoms with Gasteiger partial charge in [0, 0.05) is 44.3 Å². The van der Waals surface area contributed by atoms with Crippen LogP contribution in [0.3, 0.4) is 0 Å². The molecule has 2 heterocycles. The SMILES string of the molecule is C=CC(c1cccc(C(F)(F)F)c1)S(=O)(=O)n1ccc2c(CN3CCNCC3)cccc21. The topological polar surface area (TPSA) is 54.3 Å². The van der Waals surface area contributed by atoms with Crippen molar-refractivity contribution in [3.63, 3.8) is 0 Å². The first kappa shape index (κ1) is 22.6. The highest BCUT2D eigenvalue weighted by Gasteiger charge is 2.33. The van der Waals surface area contributed by atoms with Crippen LogP contribution in [-0.2, 0) is 22.7 Å². The van der Waals surface area contributed by atoms with Crippen LogP contribution in [0.4, 0.5) is 13.2 Å². The van der Waals surface area contributed by atoms with Crippen LogP contribution >= 0.6 is 0 Å². The quantitative estimate of drug-likeness (QED) is 0.558. The zero-order valence-corrected chi connectivity index (χ0v) is 18.2. The average molecular weight is 464 g/mol. The van der Waals surface area contributed by atoms with Gasteiger partial charge >= 0.3 is 6.18 Å². The Labute approximate surface area is 185 Å². The number of fused-ring (bicyclic) bond motifs is 1. The van der Waals surface area contributed by atoms with Gasteiger partial charge < -0.3 is 5.32 Å². The Balaban J connectivity index is 1.72. The summed E-state index contributed by atoms with van der Waals surface area (Å²) in [7, 11) is -4.09. The largest absolute Gasteiger partial charge is 0.416 e. The third-order valence-electron chi connectivity index (χ3n) is 5.74. The van der Waals surface area contributed by atoms with E-state index in [0.29, 0.717) is 12.1 Å². The van der Waals surface area contributed by atoms with Crippen LogP contribution in [0.25, 0.3) is 10.9 Å². The first-order valence-electron chi connectivity index (χ1n) is 10.3. The van der Waals surface area contributed by atoms with Gasteiger partial charge in [0.25, 0.3) is 0 Å². The molecule has 1 saturated heterocycles. The van der Waals surface area contributed by atoms with Crippen molar-refractivity contribution in [2.24, 2.45) is 0 Å².